The Kier molecular flexibility index (Phi) is 18.5. The minimum Gasteiger partial charge on any atom is -0.415 e. The van der Waals surface area contributed by atoms with Gasteiger partial charge in [0.1, 0.15) is 0 Å². The summed E-state index contributed by atoms with van der Waals surface area (Å²) in [6.45, 7) is 13.7. The minimum atomic E-state index is -2.88. The summed E-state index contributed by atoms with van der Waals surface area (Å²) in [7, 11) is -5.69. The maximum absolute atomic E-state index is 7.45. The highest BCUT2D eigenvalue weighted by atomic mass is 28.5. The summed E-state index contributed by atoms with van der Waals surface area (Å²) in [5.74, 6) is 0. The van der Waals surface area contributed by atoms with Crippen LogP contribution in [0.1, 0.15) is 34.6 Å². The fraction of sp³-hybridized carbons (Fsp3) is 1.00. The number of hydrogen-bond donors (Lipinski definition) is 0. The third-order valence-electron chi connectivity index (χ3n) is 7.99. The molecule has 0 N–H and O–H groups in total. The van der Waals surface area contributed by atoms with E-state index in [4.69, 9.17) is 44.3 Å². The number of ether oxygens (including phenoxy) is 5. The molecule has 1 saturated heterocycles. The Morgan fingerprint density at radius 1 is 0.325 bits per heavy atom. The van der Waals surface area contributed by atoms with E-state index in [1.54, 1.807) is 35.5 Å². The monoisotopic (exact) mass is 660 g/mol. The van der Waals surface area contributed by atoms with Crippen molar-refractivity contribution in [2.45, 2.75) is 95.1 Å². The zero-order valence-corrected chi connectivity index (χ0v) is 32.2. The Bertz CT molecular complexity index is 540. The maximum Gasteiger partial charge on any atom is 0.322 e. The molecule has 0 aromatic rings. The highest BCUT2D eigenvalue weighted by molar-refractivity contribution is 6.95. The van der Waals surface area contributed by atoms with Crippen LogP contribution in [-0.4, -0.2) is 111 Å². The van der Waals surface area contributed by atoms with Crippen LogP contribution in [0.15, 0.2) is 0 Å². The van der Waals surface area contributed by atoms with Gasteiger partial charge >= 0.3 is 42.8 Å². The summed E-state index contributed by atoms with van der Waals surface area (Å²) in [6, 6.07) is 7.50. The molecule has 1 rings (SSSR count). The van der Waals surface area contributed by atoms with Gasteiger partial charge in [-0.25, -0.2) is 0 Å². The van der Waals surface area contributed by atoms with Crippen molar-refractivity contribution in [1.82, 2.24) is 0 Å². The molecule has 1 fully saturated rings. The summed E-state index contributed by atoms with van der Waals surface area (Å²) < 4.78 is 65.4. The molecule has 0 aliphatic carbocycles. The van der Waals surface area contributed by atoms with E-state index in [0.29, 0.717) is 63.3 Å². The van der Waals surface area contributed by atoms with E-state index in [1.807, 2.05) is 0 Å². The van der Waals surface area contributed by atoms with Gasteiger partial charge < -0.3 is 44.3 Å². The highest BCUT2D eigenvalue weighted by Gasteiger charge is 2.60. The quantitative estimate of drug-likeness (QED) is 0.153. The van der Waals surface area contributed by atoms with Crippen LogP contribution in [0.2, 0.25) is 60.4 Å². The predicted octanol–water partition coefficient (Wildman–Crippen LogP) is 5.63. The van der Waals surface area contributed by atoms with Crippen LogP contribution >= 0.6 is 0 Å². The first kappa shape index (κ1) is 38.7. The van der Waals surface area contributed by atoms with E-state index in [-0.39, 0.29) is 0 Å². The van der Waals surface area contributed by atoms with Gasteiger partial charge in [0.15, 0.2) is 0 Å². The Morgan fingerprint density at radius 3 is 0.575 bits per heavy atom. The molecule has 1 aliphatic rings. The van der Waals surface area contributed by atoms with E-state index < -0.39 is 42.8 Å². The van der Waals surface area contributed by atoms with Crippen LogP contribution in [0.25, 0.3) is 0 Å². The first-order valence-electron chi connectivity index (χ1n) is 15.1. The average Bonchev–Trinajstić information content (AvgIpc) is 2.98. The van der Waals surface area contributed by atoms with Crippen LogP contribution in [0.5, 0.6) is 0 Å². The largest absolute Gasteiger partial charge is 0.415 e. The van der Waals surface area contributed by atoms with E-state index in [1.165, 1.54) is 0 Å². The standard InChI is InChI=1S/C25H60O10Si5/c1-11-36(21-16-26-6)31-37(12-2,22-17-27-7)33-39(14-4,24-19-29-9)35-40(15-5,25-20-30-10)34-38(13-3,32-36)23-18-28-8/h11-25H2,1-10H3. The normalized spacial score (nSPS) is 33.8. The van der Waals surface area contributed by atoms with Crippen LogP contribution in [0.3, 0.4) is 0 Å². The molecule has 0 bridgehead atoms. The van der Waals surface area contributed by atoms with Gasteiger partial charge in [0, 0.05) is 98.8 Å². The van der Waals surface area contributed by atoms with E-state index in [0.717, 1.165) is 30.2 Å². The first-order valence-corrected chi connectivity index (χ1v) is 26.3. The van der Waals surface area contributed by atoms with Crippen molar-refractivity contribution in [3.63, 3.8) is 0 Å². The molecule has 0 aromatic carbocycles. The molecule has 0 amide bonds. The molecule has 0 spiro atoms. The van der Waals surface area contributed by atoms with Crippen molar-refractivity contribution in [3.8, 4) is 0 Å². The Balaban J connectivity index is 4.03. The van der Waals surface area contributed by atoms with Gasteiger partial charge in [-0.15, -0.1) is 0 Å². The Morgan fingerprint density at radius 2 is 0.475 bits per heavy atom. The van der Waals surface area contributed by atoms with Gasteiger partial charge in [0.2, 0.25) is 0 Å². The molecular weight excluding hydrogens is 601 g/mol. The molecule has 40 heavy (non-hydrogen) atoms. The second-order valence-electron chi connectivity index (χ2n) is 10.5. The van der Waals surface area contributed by atoms with Gasteiger partial charge in [-0.05, 0) is 30.2 Å². The molecule has 15 heteroatoms. The average molecular weight is 661 g/mol. The lowest BCUT2D eigenvalue weighted by atomic mass is 10.9. The summed E-state index contributed by atoms with van der Waals surface area (Å²) >= 11 is 0. The fourth-order valence-corrected chi connectivity index (χ4v) is 35.7. The van der Waals surface area contributed by atoms with Crippen molar-refractivity contribution in [3.05, 3.63) is 0 Å². The summed E-state index contributed by atoms with van der Waals surface area (Å²) in [5.41, 5.74) is 0. The fourth-order valence-electron chi connectivity index (χ4n) is 5.20. The molecule has 0 unspecified atom stereocenters. The molecule has 0 radical (unpaired) electrons. The molecular formula is C25H60O10Si5. The summed E-state index contributed by atoms with van der Waals surface area (Å²) in [6.07, 6.45) is 0. The molecule has 1 heterocycles. The third-order valence-corrected chi connectivity index (χ3v) is 33.1. The van der Waals surface area contributed by atoms with Crippen molar-refractivity contribution < 1.29 is 44.3 Å². The zero-order valence-electron chi connectivity index (χ0n) is 27.2. The van der Waals surface area contributed by atoms with Crippen molar-refractivity contribution >= 4 is 42.8 Å². The minimum absolute atomic E-state index is 0.563. The Labute approximate surface area is 250 Å². The second kappa shape index (κ2) is 19.2. The Hall–Kier alpha value is 0.684. The lowest BCUT2D eigenvalue weighted by Gasteiger charge is -2.53. The SMILES string of the molecule is CC[Si]1(CCOC)O[Si](CC)(CCOC)O[Si](CC)(CCOC)O[Si](CC)(CCOC)O[Si](CC)(CCOC)O1. The summed E-state index contributed by atoms with van der Waals surface area (Å²) in [5, 5.41) is 0. The lowest BCUT2D eigenvalue weighted by molar-refractivity contribution is 0.159. The van der Waals surface area contributed by atoms with Crippen LogP contribution in [0, 0.1) is 0 Å². The topological polar surface area (TPSA) is 92.3 Å². The van der Waals surface area contributed by atoms with Gasteiger partial charge in [0.25, 0.3) is 0 Å². The maximum atomic E-state index is 7.45. The number of hydrogen-bond acceptors (Lipinski definition) is 10. The van der Waals surface area contributed by atoms with E-state index in [2.05, 4.69) is 34.6 Å². The third kappa shape index (κ3) is 11.0. The van der Waals surface area contributed by atoms with E-state index >= 15 is 0 Å². The number of rotatable bonds is 20. The predicted molar refractivity (Wildman–Crippen MR) is 170 cm³/mol. The molecule has 10 nitrogen and oxygen atoms in total. The van der Waals surface area contributed by atoms with Crippen molar-refractivity contribution in [1.29, 1.82) is 0 Å². The first-order chi connectivity index (χ1) is 19.1. The van der Waals surface area contributed by atoms with E-state index in [9.17, 15) is 0 Å². The number of methoxy groups -OCH3 is 5. The van der Waals surface area contributed by atoms with Gasteiger partial charge in [-0.1, -0.05) is 34.6 Å². The van der Waals surface area contributed by atoms with Crippen LogP contribution in [0.4, 0.5) is 0 Å². The van der Waals surface area contributed by atoms with Crippen molar-refractivity contribution in [2.24, 2.45) is 0 Å². The van der Waals surface area contributed by atoms with Gasteiger partial charge in [0.05, 0.1) is 0 Å². The smallest absolute Gasteiger partial charge is 0.322 e. The van der Waals surface area contributed by atoms with Crippen LogP contribution in [-0.2, 0) is 44.3 Å². The molecule has 0 atom stereocenters. The van der Waals surface area contributed by atoms with Gasteiger partial charge in [-0.3, -0.25) is 0 Å². The van der Waals surface area contributed by atoms with Crippen LogP contribution < -0.4 is 0 Å². The van der Waals surface area contributed by atoms with Crippen molar-refractivity contribution in [2.75, 3.05) is 68.6 Å². The zero-order chi connectivity index (χ0) is 30.2. The highest BCUT2D eigenvalue weighted by Crippen LogP contribution is 2.42. The van der Waals surface area contributed by atoms with Gasteiger partial charge in [-0.2, -0.15) is 0 Å². The molecule has 0 saturated carbocycles. The summed E-state index contributed by atoms with van der Waals surface area (Å²) in [4.78, 5) is 0. The lowest BCUT2D eigenvalue weighted by Crippen LogP contribution is -2.70. The molecule has 0 aromatic heterocycles. The molecule has 1 aliphatic heterocycles. The molecule has 240 valence electrons. The second-order valence-corrected chi connectivity index (χ2v) is 29.8.